The third-order valence-corrected chi connectivity index (χ3v) is 4.04. The molecular formula is C17H19ClN2O. The number of rotatable bonds is 3. The Morgan fingerprint density at radius 1 is 1.43 bits per heavy atom. The number of carbonyl (C=O) groups is 1. The number of benzene rings is 1. The van der Waals surface area contributed by atoms with Crippen molar-refractivity contribution in [3.8, 4) is 0 Å². The zero-order valence-electron chi connectivity index (χ0n) is 12.3. The summed E-state index contributed by atoms with van der Waals surface area (Å²) < 4.78 is 0. The highest BCUT2D eigenvalue weighted by Gasteiger charge is 2.19. The summed E-state index contributed by atoms with van der Waals surface area (Å²) in [5, 5.41) is 4.69. The fourth-order valence-corrected chi connectivity index (χ4v) is 2.47. The minimum absolute atomic E-state index is 0.293. The van der Waals surface area contributed by atoms with E-state index in [1.54, 1.807) is 24.3 Å². The highest BCUT2D eigenvalue weighted by Crippen LogP contribution is 2.26. The molecule has 1 aromatic rings. The van der Waals surface area contributed by atoms with Crippen molar-refractivity contribution in [3.63, 3.8) is 0 Å². The fourth-order valence-electron chi connectivity index (χ4n) is 2.25. The van der Waals surface area contributed by atoms with Crippen molar-refractivity contribution in [2.75, 3.05) is 0 Å². The van der Waals surface area contributed by atoms with Crippen LogP contribution in [0.4, 0.5) is 0 Å². The molecule has 4 heteroatoms. The van der Waals surface area contributed by atoms with Gasteiger partial charge in [-0.3, -0.25) is 4.79 Å². The molecule has 2 rings (SSSR count). The van der Waals surface area contributed by atoms with Crippen LogP contribution in [0.25, 0.3) is 0 Å². The number of halogens is 1. The van der Waals surface area contributed by atoms with E-state index in [9.17, 15) is 4.79 Å². The molecule has 0 saturated carbocycles. The van der Waals surface area contributed by atoms with Crippen molar-refractivity contribution in [2.45, 2.75) is 26.7 Å². The smallest absolute Gasteiger partial charge is 0.267 e. The average Bonchev–Trinajstić information content (AvgIpc) is 2.46. The maximum atomic E-state index is 12.1. The highest BCUT2D eigenvalue weighted by molar-refractivity contribution is 6.33. The van der Waals surface area contributed by atoms with Crippen LogP contribution in [0.3, 0.4) is 0 Å². The minimum atomic E-state index is -0.293. The van der Waals surface area contributed by atoms with Gasteiger partial charge >= 0.3 is 0 Å². The van der Waals surface area contributed by atoms with Gasteiger partial charge < -0.3 is 0 Å². The van der Waals surface area contributed by atoms with Crippen LogP contribution in [-0.4, -0.2) is 11.6 Å². The molecular weight excluding hydrogens is 284 g/mol. The first-order valence-corrected chi connectivity index (χ1v) is 7.30. The van der Waals surface area contributed by atoms with Crippen molar-refractivity contribution in [2.24, 2.45) is 11.0 Å². The lowest BCUT2D eigenvalue weighted by molar-refractivity contribution is 0.0955. The van der Waals surface area contributed by atoms with Crippen molar-refractivity contribution >= 4 is 23.2 Å². The van der Waals surface area contributed by atoms with E-state index < -0.39 is 0 Å². The summed E-state index contributed by atoms with van der Waals surface area (Å²) >= 11 is 6.00. The van der Waals surface area contributed by atoms with Gasteiger partial charge in [0.2, 0.25) is 0 Å². The number of carbonyl (C=O) groups excluding carboxylic acids is 1. The Morgan fingerprint density at radius 2 is 2.14 bits per heavy atom. The van der Waals surface area contributed by atoms with Gasteiger partial charge in [-0.15, -0.1) is 0 Å². The van der Waals surface area contributed by atoms with Gasteiger partial charge in [0, 0.05) is 0 Å². The summed E-state index contributed by atoms with van der Waals surface area (Å²) in [4.78, 5) is 12.1. The quantitative estimate of drug-likeness (QED) is 0.654. The molecule has 110 valence electrons. The molecule has 0 aromatic heterocycles. The van der Waals surface area contributed by atoms with Crippen molar-refractivity contribution in [1.29, 1.82) is 0 Å². The van der Waals surface area contributed by atoms with E-state index in [-0.39, 0.29) is 5.91 Å². The SMILES string of the molecule is C=C(C)C1CC=C(C)/C(=N\NC(=O)c2ccccc2Cl)C1. The Hall–Kier alpha value is -1.87. The van der Waals surface area contributed by atoms with Crippen LogP contribution in [-0.2, 0) is 0 Å². The van der Waals surface area contributed by atoms with Gasteiger partial charge in [-0.05, 0) is 50.3 Å². The molecule has 21 heavy (non-hydrogen) atoms. The van der Waals surface area contributed by atoms with Crippen molar-refractivity contribution in [3.05, 3.63) is 58.7 Å². The topological polar surface area (TPSA) is 41.5 Å². The van der Waals surface area contributed by atoms with E-state index in [0.29, 0.717) is 16.5 Å². The second-order valence-corrected chi connectivity index (χ2v) is 5.76. The Morgan fingerprint density at radius 3 is 2.81 bits per heavy atom. The lowest BCUT2D eigenvalue weighted by Gasteiger charge is -2.22. The molecule has 1 atom stereocenters. The number of hydrogen-bond donors (Lipinski definition) is 1. The van der Waals surface area contributed by atoms with E-state index >= 15 is 0 Å². The summed E-state index contributed by atoms with van der Waals surface area (Å²) in [6, 6.07) is 6.93. The van der Waals surface area contributed by atoms with E-state index in [1.807, 2.05) is 13.8 Å². The van der Waals surface area contributed by atoms with Gasteiger partial charge in [-0.25, -0.2) is 5.43 Å². The Bertz CT molecular complexity index is 631. The van der Waals surface area contributed by atoms with Gasteiger partial charge in [-0.2, -0.15) is 5.10 Å². The van der Waals surface area contributed by atoms with Gasteiger partial charge in [0.15, 0.2) is 0 Å². The van der Waals surface area contributed by atoms with Gasteiger partial charge in [0.1, 0.15) is 0 Å². The normalized spacial score (nSPS) is 20.0. The Labute approximate surface area is 130 Å². The summed E-state index contributed by atoms with van der Waals surface area (Å²) in [6.07, 6.45) is 3.93. The molecule has 0 radical (unpaired) electrons. The Kier molecular flexibility index (Phi) is 4.97. The van der Waals surface area contributed by atoms with Gasteiger partial charge in [0.25, 0.3) is 5.91 Å². The molecule has 1 aromatic carbocycles. The zero-order valence-corrected chi connectivity index (χ0v) is 13.1. The van der Waals surface area contributed by atoms with Crippen molar-refractivity contribution in [1.82, 2.24) is 5.43 Å². The molecule has 1 aliphatic rings. The number of hydrazone groups is 1. The molecule has 0 spiro atoms. The molecule has 0 saturated heterocycles. The predicted molar refractivity (Wildman–Crippen MR) is 87.6 cm³/mol. The van der Waals surface area contributed by atoms with Gasteiger partial charge in [0.05, 0.1) is 16.3 Å². The summed E-state index contributed by atoms with van der Waals surface area (Å²) in [5.41, 5.74) is 6.17. The van der Waals surface area contributed by atoms with Crippen LogP contribution in [0.15, 0.2) is 53.2 Å². The summed E-state index contributed by atoms with van der Waals surface area (Å²) in [6.45, 7) is 8.04. The standard InChI is InChI=1S/C17H19ClN2O/c1-11(2)13-9-8-12(3)16(10-13)19-20-17(21)14-6-4-5-7-15(14)18/h4-8,13H,1,9-10H2,2-3H3,(H,20,21)/b19-16-. The minimum Gasteiger partial charge on any atom is -0.267 e. The highest BCUT2D eigenvalue weighted by atomic mass is 35.5. The second kappa shape index (κ2) is 6.72. The third-order valence-electron chi connectivity index (χ3n) is 3.71. The van der Waals surface area contributed by atoms with Crippen LogP contribution in [0.1, 0.15) is 37.0 Å². The molecule has 0 aliphatic heterocycles. The maximum Gasteiger partial charge on any atom is 0.272 e. The van der Waals surface area contributed by atoms with E-state index in [0.717, 1.165) is 29.7 Å². The zero-order chi connectivity index (χ0) is 15.4. The summed E-state index contributed by atoms with van der Waals surface area (Å²) in [7, 11) is 0. The number of allylic oxidation sites excluding steroid dienone is 3. The number of amides is 1. The van der Waals surface area contributed by atoms with E-state index in [4.69, 9.17) is 11.6 Å². The van der Waals surface area contributed by atoms with Crippen molar-refractivity contribution < 1.29 is 4.79 Å². The molecule has 1 aliphatic carbocycles. The van der Waals surface area contributed by atoms with Crippen LogP contribution in [0.2, 0.25) is 5.02 Å². The molecule has 1 amide bonds. The first-order valence-electron chi connectivity index (χ1n) is 6.93. The number of nitrogens with one attached hydrogen (secondary N) is 1. The van der Waals surface area contributed by atoms with E-state index in [2.05, 4.69) is 23.2 Å². The fraction of sp³-hybridized carbons (Fsp3) is 0.294. The van der Waals surface area contributed by atoms with Crippen LogP contribution in [0.5, 0.6) is 0 Å². The lowest BCUT2D eigenvalue weighted by atomic mass is 9.85. The monoisotopic (exact) mass is 302 g/mol. The predicted octanol–water partition coefficient (Wildman–Crippen LogP) is 4.36. The molecule has 1 unspecified atom stereocenters. The molecule has 0 bridgehead atoms. The molecule has 1 N–H and O–H groups in total. The first-order chi connectivity index (χ1) is 9.99. The van der Waals surface area contributed by atoms with Crippen LogP contribution in [0, 0.1) is 5.92 Å². The van der Waals surface area contributed by atoms with Crippen LogP contribution >= 0.6 is 11.6 Å². The molecule has 3 nitrogen and oxygen atoms in total. The lowest BCUT2D eigenvalue weighted by Crippen LogP contribution is -2.23. The largest absolute Gasteiger partial charge is 0.272 e. The van der Waals surface area contributed by atoms with Crippen LogP contribution < -0.4 is 5.43 Å². The molecule has 0 fully saturated rings. The molecule has 0 heterocycles. The number of hydrogen-bond acceptors (Lipinski definition) is 2. The first kappa shape index (κ1) is 15.5. The Balaban J connectivity index is 2.12. The summed E-state index contributed by atoms with van der Waals surface area (Å²) in [5.74, 6) is 0.100. The average molecular weight is 303 g/mol. The maximum absolute atomic E-state index is 12.1. The number of nitrogens with zero attached hydrogens (tertiary/aromatic N) is 1. The van der Waals surface area contributed by atoms with Gasteiger partial charge in [-0.1, -0.05) is 42.0 Å². The second-order valence-electron chi connectivity index (χ2n) is 5.35. The third kappa shape index (κ3) is 3.82. The van der Waals surface area contributed by atoms with E-state index in [1.165, 1.54) is 0 Å².